The first kappa shape index (κ1) is 24.8. The molecule has 38 heavy (non-hydrogen) atoms. The van der Waals surface area contributed by atoms with E-state index < -0.39 is 35.1 Å². The largest absolute Gasteiger partial charge is 0.394 e. The molecule has 2 aromatic rings. The molecule has 0 aromatic heterocycles. The van der Waals surface area contributed by atoms with Gasteiger partial charge in [0.25, 0.3) is 5.91 Å². The third-order valence-corrected chi connectivity index (χ3v) is 8.86. The Labute approximate surface area is 222 Å². The van der Waals surface area contributed by atoms with Crippen molar-refractivity contribution in [3.8, 4) is 0 Å². The number of likely N-dealkylation sites (tertiary alicyclic amines) is 1. The number of rotatable bonds is 4. The van der Waals surface area contributed by atoms with Gasteiger partial charge in [0.2, 0.25) is 11.8 Å². The number of amides is 3. The summed E-state index contributed by atoms with van der Waals surface area (Å²) < 4.78 is 6.90. The molecule has 8 nitrogen and oxygen atoms in total. The van der Waals surface area contributed by atoms with E-state index in [1.807, 2.05) is 73.7 Å². The van der Waals surface area contributed by atoms with Crippen molar-refractivity contribution in [2.24, 2.45) is 11.8 Å². The Kier molecular flexibility index (Phi) is 5.74. The van der Waals surface area contributed by atoms with Crippen LogP contribution in [0, 0.1) is 11.8 Å². The maximum atomic E-state index is 14.5. The van der Waals surface area contributed by atoms with Crippen molar-refractivity contribution in [3.63, 3.8) is 0 Å². The standard InChI is InChI=1S/C30H33N3O5/c1-4-29-13-7-15-31(3)26(35)23(29)24-27(36)33(19(2)18-34)25-28(37)32(16-8-14-30(24,25)38-29)22-12-11-20-9-5-6-10-21(20)17-22/h5-14,17,19,23-25,34H,4,15-16,18H2,1-3H3/t19-,23+,24+,25?,29-,30+/m1/s1. The van der Waals surface area contributed by atoms with Crippen LogP contribution in [-0.4, -0.2) is 82.7 Å². The maximum Gasteiger partial charge on any atom is 0.253 e. The molecule has 0 bridgehead atoms. The van der Waals surface area contributed by atoms with Gasteiger partial charge in [-0.05, 0) is 36.2 Å². The molecule has 6 rings (SSSR count). The van der Waals surface area contributed by atoms with Crippen molar-refractivity contribution in [3.05, 3.63) is 66.8 Å². The predicted molar refractivity (Wildman–Crippen MR) is 143 cm³/mol. The van der Waals surface area contributed by atoms with E-state index in [4.69, 9.17) is 4.74 Å². The molecule has 198 valence electrons. The van der Waals surface area contributed by atoms with E-state index in [1.54, 1.807) is 23.8 Å². The van der Waals surface area contributed by atoms with Crippen LogP contribution in [0.25, 0.3) is 10.8 Å². The number of nitrogens with zero attached hydrogens (tertiary/aromatic N) is 3. The Morgan fingerprint density at radius 3 is 2.45 bits per heavy atom. The smallest absolute Gasteiger partial charge is 0.253 e. The van der Waals surface area contributed by atoms with E-state index in [-0.39, 0.29) is 24.3 Å². The van der Waals surface area contributed by atoms with Gasteiger partial charge in [0.05, 0.1) is 30.1 Å². The normalized spacial score (nSPS) is 33.3. The van der Waals surface area contributed by atoms with Crippen LogP contribution < -0.4 is 4.90 Å². The van der Waals surface area contributed by atoms with E-state index in [0.717, 1.165) is 16.5 Å². The minimum Gasteiger partial charge on any atom is -0.394 e. The van der Waals surface area contributed by atoms with Gasteiger partial charge >= 0.3 is 0 Å². The molecule has 2 fully saturated rings. The zero-order valence-electron chi connectivity index (χ0n) is 21.9. The second-order valence-corrected chi connectivity index (χ2v) is 10.9. The predicted octanol–water partition coefficient (Wildman–Crippen LogP) is 2.51. The molecule has 0 aliphatic carbocycles. The van der Waals surface area contributed by atoms with Gasteiger partial charge in [0.1, 0.15) is 11.6 Å². The van der Waals surface area contributed by atoms with Gasteiger partial charge in [-0.3, -0.25) is 14.4 Å². The van der Waals surface area contributed by atoms with Crippen LogP contribution in [0.15, 0.2) is 66.8 Å². The van der Waals surface area contributed by atoms with Crippen molar-refractivity contribution >= 4 is 34.2 Å². The van der Waals surface area contributed by atoms with Crippen molar-refractivity contribution in [2.75, 3.05) is 31.6 Å². The summed E-state index contributed by atoms with van der Waals surface area (Å²) in [6.07, 6.45) is 8.04. The molecular weight excluding hydrogens is 482 g/mol. The highest BCUT2D eigenvalue weighted by Crippen LogP contribution is 2.58. The number of hydrogen-bond acceptors (Lipinski definition) is 5. The highest BCUT2D eigenvalue weighted by atomic mass is 16.5. The number of hydrogen-bond donors (Lipinski definition) is 1. The van der Waals surface area contributed by atoms with E-state index in [9.17, 15) is 19.5 Å². The molecule has 4 heterocycles. The molecule has 2 saturated heterocycles. The summed E-state index contributed by atoms with van der Waals surface area (Å²) in [4.78, 5) is 47.2. The molecule has 0 saturated carbocycles. The Hall–Kier alpha value is -3.49. The molecule has 6 atom stereocenters. The molecule has 0 radical (unpaired) electrons. The molecular formula is C30H33N3O5. The van der Waals surface area contributed by atoms with Crippen LogP contribution in [0.2, 0.25) is 0 Å². The number of likely N-dealkylation sites (N-methyl/N-ethyl adjacent to an activating group) is 1. The van der Waals surface area contributed by atoms with Crippen LogP contribution in [0.1, 0.15) is 20.3 Å². The van der Waals surface area contributed by atoms with Gasteiger partial charge < -0.3 is 24.5 Å². The fraction of sp³-hybridized carbons (Fsp3) is 0.433. The van der Waals surface area contributed by atoms with Crippen LogP contribution >= 0.6 is 0 Å². The molecule has 4 aliphatic rings. The second-order valence-electron chi connectivity index (χ2n) is 10.9. The third-order valence-electron chi connectivity index (χ3n) is 8.86. The van der Waals surface area contributed by atoms with E-state index >= 15 is 0 Å². The number of aliphatic hydroxyl groups excluding tert-OH is 1. The number of carbonyl (C=O) groups is 3. The Balaban J connectivity index is 1.51. The van der Waals surface area contributed by atoms with Gasteiger partial charge in [0, 0.05) is 25.8 Å². The SMILES string of the molecule is CC[C@@]12C=CCN(C)C(=O)[C@@H]1[C@H]1C(=O)N([C@H](C)CO)C3C(=O)N(c4ccc5ccccc5c4)CC=C[C@@]31O2. The highest BCUT2D eigenvalue weighted by molar-refractivity contribution is 6.06. The number of carbonyl (C=O) groups excluding carboxylic acids is 3. The molecule has 1 N–H and O–H groups in total. The Morgan fingerprint density at radius 1 is 0.974 bits per heavy atom. The summed E-state index contributed by atoms with van der Waals surface area (Å²) in [5.74, 6) is -2.43. The van der Waals surface area contributed by atoms with E-state index in [1.165, 1.54) is 4.90 Å². The van der Waals surface area contributed by atoms with Crippen molar-refractivity contribution in [1.29, 1.82) is 0 Å². The number of aliphatic hydroxyl groups is 1. The van der Waals surface area contributed by atoms with Gasteiger partial charge in [0.15, 0.2) is 0 Å². The first-order chi connectivity index (χ1) is 18.3. The summed E-state index contributed by atoms with van der Waals surface area (Å²) >= 11 is 0. The number of fused-ring (bicyclic) bond motifs is 3. The average Bonchev–Trinajstić information content (AvgIpc) is 3.24. The van der Waals surface area contributed by atoms with Gasteiger partial charge in [-0.25, -0.2) is 0 Å². The highest BCUT2D eigenvalue weighted by Gasteiger charge is 2.75. The minimum atomic E-state index is -1.33. The zero-order valence-corrected chi connectivity index (χ0v) is 21.9. The van der Waals surface area contributed by atoms with Gasteiger partial charge in [-0.15, -0.1) is 0 Å². The summed E-state index contributed by atoms with van der Waals surface area (Å²) in [6, 6.07) is 12.2. The minimum absolute atomic E-state index is 0.166. The fourth-order valence-corrected chi connectivity index (χ4v) is 6.96. The monoisotopic (exact) mass is 515 g/mol. The lowest BCUT2D eigenvalue weighted by Gasteiger charge is -2.40. The second kappa shape index (κ2) is 8.78. The van der Waals surface area contributed by atoms with E-state index in [0.29, 0.717) is 19.5 Å². The summed E-state index contributed by atoms with van der Waals surface area (Å²) in [7, 11) is 1.73. The molecule has 1 unspecified atom stereocenters. The average molecular weight is 516 g/mol. The van der Waals surface area contributed by atoms with Crippen molar-refractivity contribution in [1.82, 2.24) is 9.80 Å². The first-order valence-corrected chi connectivity index (χ1v) is 13.3. The summed E-state index contributed by atoms with van der Waals surface area (Å²) in [6.45, 7) is 4.09. The maximum absolute atomic E-state index is 14.5. The molecule has 3 amide bonds. The molecule has 1 spiro atoms. The lowest BCUT2D eigenvalue weighted by atomic mass is 9.73. The number of ether oxygens (including phenoxy) is 1. The Bertz CT molecular complexity index is 1390. The van der Waals surface area contributed by atoms with Crippen molar-refractivity contribution in [2.45, 2.75) is 43.6 Å². The summed E-state index contributed by atoms with van der Waals surface area (Å²) in [5, 5.41) is 12.2. The molecule has 8 heteroatoms. The lowest BCUT2D eigenvalue weighted by Crippen LogP contribution is -2.58. The van der Waals surface area contributed by atoms with E-state index in [2.05, 4.69) is 0 Å². The number of benzene rings is 2. The lowest BCUT2D eigenvalue weighted by molar-refractivity contribution is -0.151. The first-order valence-electron chi connectivity index (χ1n) is 13.3. The number of anilines is 1. The van der Waals surface area contributed by atoms with Crippen LogP contribution in [0.4, 0.5) is 5.69 Å². The third kappa shape index (κ3) is 3.26. The molecule has 2 aromatic carbocycles. The van der Waals surface area contributed by atoms with Crippen LogP contribution in [-0.2, 0) is 19.1 Å². The molecule has 4 aliphatic heterocycles. The van der Waals surface area contributed by atoms with Crippen LogP contribution in [0.3, 0.4) is 0 Å². The Morgan fingerprint density at radius 2 is 1.71 bits per heavy atom. The van der Waals surface area contributed by atoms with Gasteiger partial charge in [-0.1, -0.05) is 61.6 Å². The van der Waals surface area contributed by atoms with Crippen LogP contribution in [0.5, 0.6) is 0 Å². The summed E-state index contributed by atoms with van der Waals surface area (Å²) in [5.41, 5.74) is -1.62. The van der Waals surface area contributed by atoms with Gasteiger partial charge in [-0.2, -0.15) is 0 Å². The van der Waals surface area contributed by atoms with Crippen molar-refractivity contribution < 1.29 is 24.2 Å². The quantitative estimate of drug-likeness (QED) is 0.632. The zero-order chi connectivity index (χ0) is 26.8. The fourth-order valence-electron chi connectivity index (χ4n) is 6.96. The topological polar surface area (TPSA) is 90.4 Å².